The summed E-state index contributed by atoms with van der Waals surface area (Å²) in [5.74, 6) is 0.141. The number of rotatable bonds is 2. The number of nitrogens with zero attached hydrogens (tertiary/aromatic N) is 2. The van der Waals surface area contributed by atoms with Crippen molar-refractivity contribution in [2.45, 2.75) is 63.1 Å². The lowest BCUT2D eigenvalue weighted by Crippen LogP contribution is -2.55. The van der Waals surface area contributed by atoms with Gasteiger partial charge in [-0.3, -0.25) is 9.59 Å². The third kappa shape index (κ3) is 3.86. The maximum absolute atomic E-state index is 12.5. The molecule has 23 heavy (non-hydrogen) atoms. The number of likely N-dealkylation sites (tertiary alicyclic amines) is 2. The van der Waals surface area contributed by atoms with Gasteiger partial charge in [0.1, 0.15) is 0 Å². The Labute approximate surface area is 137 Å². The Morgan fingerprint density at radius 2 is 1.96 bits per heavy atom. The second kappa shape index (κ2) is 6.40. The monoisotopic (exact) mass is 324 g/mol. The van der Waals surface area contributed by atoms with Crippen LogP contribution in [0.5, 0.6) is 0 Å². The van der Waals surface area contributed by atoms with E-state index >= 15 is 0 Å². The van der Waals surface area contributed by atoms with Crippen LogP contribution in [0.2, 0.25) is 0 Å². The van der Waals surface area contributed by atoms with Gasteiger partial charge >= 0.3 is 0 Å². The zero-order valence-electron chi connectivity index (χ0n) is 14.1. The summed E-state index contributed by atoms with van der Waals surface area (Å²) in [6, 6.07) is 0. The number of hydrogen-bond donors (Lipinski definition) is 1. The summed E-state index contributed by atoms with van der Waals surface area (Å²) in [5.41, 5.74) is -0.940. The Balaban J connectivity index is 1.52. The molecule has 0 aliphatic carbocycles. The molecule has 6 heteroatoms. The highest BCUT2D eigenvalue weighted by molar-refractivity contribution is 5.85. The molecule has 3 aliphatic rings. The lowest BCUT2D eigenvalue weighted by atomic mass is 9.78. The Kier molecular flexibility index (Phi) is 4.65. The molecule has 6 nitrogen and oxygen atoms in total. The van der Waals surface area contributed by atoms with Gasteiger partial charge in [0.25, 0.3) is 0 Å². The van der Waals surface area contributed by atoms with Crippen LogP contribution in [0.25, 0.3) is 0 Å². The van der Waals surface area contributed by atoms with Crippen LogP contribution in [0.1, 0.15) is 51.9 Å². The van der Waals surface area contributed by atoms with E-state index in [1.165, 1.54) is 0 Å². The van der Waals surface area contributed by atoms with Crippen LogP contribution in [0.4, 0.5) is 0 Å². The fourth-order valence-corrected chi connectivity index (χ4v) is 4.10. The SMILES string of the molecule is CC1(O)CCOC2(CCN(C(=O)CN3CCCCC3=O)CC2)C1. The first-order chi connectivity index (χ1) is 10.9. The van der Waals surface area contributed by atoms with Gasteiger partial charge in [-0.1, -0.05) is 0 Å². The predicted molar refractivity (Wildman–Crippen MR) is 84.8 cm³/mol. The largest absolute Gasteiger partial charge is 0.390 e. The molecule has 3 saturated heterocycles. The molecule has 0 bridgehead atoms. The molecule has 1 unspecified atom stereocenters. The standard InChI is InChI=1S/C17H28N2O4/c1-16(22)7-11-23-17(13-16)5-9-18(10-6-17)15(21)12-19-8-3-2-4-14(19)20/h22H,2-13H2,1H3. The van der Waals surface area contributed by atoms with E-state index in [0.29, 0.717) is 45.5 Å². The molecule has 0 radical (unpaired) electrons. The van der Waals surface area contributed by atoms with Gasteiger partial charge in [0.15, 0.2) is 0 Å². The highest BCUT2D eigenvalue weighted by Crippen LogP contribution is 2.39. The van der Waals surface area contributed by atoms with Gasteiger partial charge < -0.3 is 19.6 Å². The fraction of sp³-hybridized carbons (Fsp3) is 0.882. The minimum Gasteiger partial charge on any atom is -0.390 e. The predicted octanol–water partition coefficient (Wildman–Crippen LogP) is 0.921. The summed E-state index contributed by atoms with van der Waals surface area (Å²) in [4.78, 5) is 27.8. The molecular formula is C17H28N2O4. The van der Waals surface area contributed by atoms with Gasteiger partial charge in [-0.25, -0.2) is 0 Å². The van der Waals surface area contributed by atoms with Crippen LogP contribution >= 0.6 is 0 Å². The van der Waals surface area contributed by atoms with Gasteiger partial charge in [0, 0.05) is 32.5 Å². The third-order valence-electron chi connectivity index (χ3n) is 5.53. The molecule has 0 saturated carbocycles. The zero-order chi connectivity index (χ0) is 16.5. The number of amides is 2. The topological polar surface area (TPSA) is 70.1 Å². The molecule has 1 spiro atoms. The molecule has 1 atom stereocenters. The maximum Gasteiger partial charge on any atom is 0.242 e. The molecule has 130 valence electrons. The number of carbonyl (C=O) groups excluding carboxylic acids is 2. The number of ether oxygens (including phenoxy) is 1. The van der Waals surface area contributed by atoms with Crippen LogP contribution in [-0.2, 0) is 14.3 Å². The van der Waals surface area contributed by atoms with E-state index in [1.54, 1.807) is 4.90 Å². The molecule has 1 N–H and O–H groups in total. The average molecular weight is 324 g/mol. The Morgan fingerprint density at radius 3 is 2.61 bits per heavy atom. The number of aliphatic hydroxyl groups is 1. The minimum atomic E-state index is -0.662. The van der Waals surface area contributed by atoms with E-state index in [-0.39, 0.29) is 24.0 Å². The molecule has 0 aromatic carbocycles. The van der Waals surface area contributed by atoms with Crippen molar-refractivity contribution in [1.82, 2.24) is 9.80 Å². The van der Waals surface area contributed by atoms with Crippen LogP contribution in [0, 0.1) is 0 Å². The second-order valence-corrected chi connectivity index (χ2v) is 7.61. The van der Waals surface area contributed by atoms with E-state index in [2.05, 4.69) is 0 Å². The molecule has 3 rings (SSSR count). The molecule has 0 aromatic rings. The van der Waals surface area contributed by atoms with Crippen LogP contribution in [0.3, 0.4) is 0 Å². The first-order valence-electron chi connectivity index (χ1n) is 8.81. The number of carbonyl (C=O) groups is 2. The maximum atomic E-state index is 12.5. The summed E-state index contributed by atoms with van der Waals surface area (Å²) in [7, 11) is 0. The van der Waals surface area contributed by atoms with Gasteiger partial charge in [-0.05, 0) is 39.0 Å². The first kappa shape index (κ1) is 16.7. The van der Waals surface area contributed by atoms with E-state index in [9.17, 15) is 14.7 Å². The third-order valence-corrected chi connectivity index (χ3v) is 5.53. The van der Waals surface area contributed by atoms with Crippen molar-refractivity contribution in [3.63, 3.8) is 0 Å². The zero-order valence-corrected chi connectivity index (χ0v) is 14.1. The van der Waals surface area contributed by atoms with E-state index in [1.807, 2.05) is 11.8 Å². The summed E-state index contributed by atoms with van der Waals surface area (Å²) < 4.78 is 5.97. The quantitative estimate of drug-likeness (QED) is 0.820. The molecular weight excluding hydrogens is 296 g/mol. The lowest BCUT2D eigenvalue weighted by molar-refractivity contribution is -0.176. The fourth-order valence-electron chi connectivity index (χ4n) is 4.10. The minimum absolute atomic E-state index is 0.0395. The molecule has 0 aromatic heterocycles. The number of piperidine rings is 2. The average Bonchev–Trinajstić information content (AvgIpc) is 2.49. The Hall–Kier alpha value is -1.14. The summed E-state index contributed by atoms with van der Waals surface area (Å²) >= 11 is 0. The van der Waals surface area contributed by atoms with Crippen LogP contribution in [-0.4, -0.2) is 70.7 Å². The second-order valence-electron chi connectivity index (χ2n) is 7.61. The molecule has 2 amide bonds. The van der Waals surface area contributed by atoms with Crippen LogP contribution < -0.4 is 0 Å². The van der Waals surface area contributed by atoms with E-state index < -0.39 is 5.60 Å². The van der Waals surface area contributed by atoms with Crippen molar-refractivity contribution >= 4 is 11.8 Å². The van der Waals surface area contributed by atoms with Gasteiger partial charge in [-0.2, -0.15) is 0 Å². The lowest BCUT2D eigenvalue weighted by Gasteiger charge is -2.48. The van der Waals surface area contributed by atoms with Crippen LogP contribution in [0.15, 0.2) is 0 Å². The molecule has 3 heterocycles. The highest BCUT2D eigenvalue weighted by Gasteiger charge is 2.45. The van der Waals surface area contributed by atoms with Crippen molar-refractivity contribution in [3.05, 3.63) is 0 Å². The van der Waals surface area contributed by atoms with Gasteiger partial charge in [0.2, 0.25) is 11.8 Å². The van der Waals surface area contributed by atoms with Crippen molar-refractivity contribution in [2.24, 2.45) is 0 Å². The van der Waals surface area contributed by atoms with E-state index in [0.717, 1.165) is 25.7 Å². The Morgan fingerprint density at radius 1 is 1.22 bits per heavy atom. The highest BCUT2D eigenvalue weighted by atomic mass is 16.5. The first-order valence-corrected chi connectivity index (χ1v) is 8.81. The molecule has 3 aliphatic heterocycles. The van der Waals surface area contributed by atoms with Gasteiger partial charge in [0.05, 0.1) is 24.4 Å². The normalized spacial score (nSPS) is 31.5. The van der Waals surface area contributed by atoms with Crippen molar-refractivity contribution in [2.75, 3.05) is 32.8 Å². The van der Waals surface area contributed by atoms with Crippen molar-refractivity contribution < 1.29 is 19.4 Å². The Bertz CT molecular complexity index is 469. The van der Waals surface area contributed by atoms with Crippen molar-refractivity contribution in [3.8, 4) is 0 Å². The summed E-state index contributed by atoms with van der Waals surface area (Å²) in [5, 5.41) is 10.3. The molecule has 3 fully saturated rings. The van der Waals surface area contributed by atoms with Crippen molar-refractivity contribution in [1.29, 1.82) is 0 Å². The number of hydrogen-bond acceptors (Lipinski definition) is 4. The smallest absolute Gasteiger partial charge is 0.242 e. The van der Waals surface area contributed by atoms with Gasteiger partial charge in [-0.15, -0.1) is 0 Å². The van der Waals surface area contributed by atoms with E-state index in [4.69, 9.17) is 4.74 Å². The summed E-state index contributed by atoms with van der Waals surface area (Å²) in [6.07, 6.45) is 5.35. The summed E-state index contributed by atoms with van der Waals surface area (Å²) in [6.45, 7) is 4.67.